The lowest BCUT2D eigenvalue weighted by Gasteiger charge is -2.38. The Morgan fingerprint density at radius 2 is 2.11 bits per heavy atom. The molecule has 5 nitrogen and oxygen atoms in total. The largest absolute Gasteiger partial charge is 0.376 e. The van der Waals surface area contributed by atoms with Crippen molar-refractivity contribution in [3.63, 3.8) is 0 Å². The first-order valence-corrected chi connectivity index (χ1v) is 7.29. The first-order chi connectivity index (χ1) is 9.25. The van der Waals surface area contributed by atoms with Gasteiger partial charge < -0.3 is 4.74 Å². The highest BCUT2D eigenvalue weighted by molar-refractivity contribution is 5.16. The average molecular weight is 266 g/mol. The predicted octanol–water partition coefficient (Wildman–Crippen LogP) is 2.15. The second kappa shape index (κ2) is 6.50. The number of methoxy groups -OCH3 is 1. The van der Waals surface area contributed by atoms with Gasteiger partial charge in [-0.05, 0) is 19.8 Å². The van der Waals surface area contributed by atoms with E-state index < -0.39 is 0 Å². The third-order valence-electron chi connectivity index (χ3n) is 4.36. The van der Waals surface area contributed by atoms with Crippen LogP contribution in [0.1, 0.15) is 57.1 Å². The zero-order valence-electron chi connectivity index (χ0n) is 12.1. The van der Waals surface area contributed by atoms with E-state index in [2.05, 4.69) is 23.6 Å². The molecule has 0 saturated heterocycles. The zero-order valence-corrected chi connectivity index (χ0v) is 12.1. The molecule has 0 radical (unpaired) electrons. The van der Waals surface area contributed by atoms with Crippen LogP contribution in [0.3, 0.4) is 0 Å². The van der Waals surface area contributed by atoms with Gasteiger partial charge >= 0.3 is 0 Å². The molecule has 0 aliphatic heterocycles. The third-order valence-corrected chi connectivity index (χ3v) is 4.36. The van der Waals surface area contributed by atoms with E-state index in [1.54, 1.807) is 7.11 Å². The molecule has 1 saturated carbocycles. The molecule has 1 aliphatic rings. The van der Waals surface area contributed by atoms with Crippen LogP contribution in [-0.2, 0) is 11.3 Å². The summed E-state index contributed by atoms with van der Waals surface area (Å²) >= 11 is 0. The molecule has 0 aromatic carbocycles. The number of nitrogens with zero attached hydrogens (tertiary/aromatic N) is 2. The van der Waals surface area contributed by atoms with Gasteiger partial charge in [-0.3, -0.25) is 10.5 Å². The maximum Gasteiger partial charge on any atom is 0.0886 e. The highest BCUT2D eigenvalue weighted by Gasteiger charge is 2.40. The van der Waals surface area contributed by atoms with Crippen molar-refractivity contribution in [3.05, 3.63) is 18.0 Å². The Labute approximate surface area is 115 Å². The van der Waals surface area contributed by atoms with Crippen LogP contribution in [0.15, 0.2) is 12.4 Å². The van der Waals surface area contributed by atoms with Crippen molar-refractivity contribution in [2.45, 2.75) is 63.6 Å². The second-order valence-electron chi connectivity index (χ2n) is 5.41. The van der Waals surface area contributed by atoms with Gasteiger partial charge in [0.1, 0.15) is 0 Å². The first kappa shape index (κ1) is 14.5. The number of ether oxygens (including phenoxy) is 1. The van der Waals surface area contributed by atoms with Gasteiger partial charge in [0.15, 0.2) is 0 Å². The van der Waals surface area contributed by atoms with Gasteiger partial charge in [0.25, 0.3) is 0 Å². The molecule has 1 aliphatic carbocycles. The SMILES string of the molecule is CCn1cc(C(NN)C2(OC)CCCCCC2)cn1. The number of nitrogens with one attached hydrogen (secondary N) is 1. The molecule has 3 N–H and O–H groups in total. The molecule has 5 heteroatoms. The Kier molecular flexibility index (Phi) is 4.96. The number of aromatic nitrogens is 2. The van der Waals surface area contributed by atoms with Crippen LogP contribution in [0.5, 0.6) is 0 Å². The Balaban J connectivity index is 2.26. The molecule has 1 aromatic rings. The lowest BCUT2D eigenvalue weighted by atomic mass is 9.83. The summed E-state index contributed by atoms with van der Waals surface area (Å²) in [7, 11) is 1.81. The van der Waals surface area contributed by atoms with E-state index in [0.717, 1.165) is 24.9 Å². The molecule has 1 aromatic heterocycles. The highest BCUT2D eigenvalue weighted by Crippen LogP contribution is 2.39. The quantitative estimate of drug-likeness (QED) is 0.487. The van der Waals surface area contributed by atoms with Crippen molar-refractivity contribution in [1.82, 2.24) is 15.2 Å². The lowest BCUT2D eigenvalue weighted by Crippen LogP contribution is -2.47. The summed E-state index contributed by atoms with van der Waals surface area (Å²) in [6.45, 7) is 2.96. The Morgan fingerprint density at radius 1 is 1.42 bits per heavy atom. The number of hydrazine groups is 1. The van der Waals surface area contributed by atoms with Gasteiger partial charge in [-0.25, -0.2) is 5.43 Å². The van der Waals surface area contributed by atoms with E-state index in [-0.39, 0.29) is 11.6 Å². The summed E-state index contributed by atoms with van der Waals surface area (Å²) in [6, 6.07) is 0.0101. The van der Waals surface area contributed by atoms with Crippen LogP contribution in [0.2, 0.25) is 0 Å². The number of hydrogen-bond donors (Lipinski definition) is 2. The number of aryl methyl sites for hydroxylation is 1. The topological polar surface area (TPSA) is 65.1 Å². The molecule has 1 unspecified atom stereocenters. The fraction of sp³-hybridized carbons (Fsp3) is 0.786. The summed E-state index contributed by atoms with van der Waals surface area (Å²) in [4.78, 5) is 0. The third kappa shape index (κ3) is 2.99. The molecule has 0 bridgehead atoms. The van der Waals surface area contributed by atoms with Crippen molar-refractivity contribution in [1.29, 1.82) is 0 Å². The van der Waals surface area contributed by atoms with Gasteiger partial charge in [0, 0.05) is 25.4 Å². The molecule has 0 spiro atoms. The summed E-state index contributed by atoms with van der Waals surface area (Å²) in [5, 5.41) is 4.35. The van der Waals surface area contributed by atoms with Crippen molar-refractivity contribution in [2.75, 3.05) is 7.11 Å². The predicted molar refractivity (Wildman–Crippen MR) is 75.4 cm³/mol. The summed E-state index contributed by atoms with van der Waals surface area (Å²) in [5.41, 5.74) is 3.88. The van der Waals surface area contributed by atoms with Crippen molar-refractivity contribution in [3.8, 4) is 0 Å². The molecule has 108 valence electrons. The van der Waals surface area contributed by atoms with Crippen molar-refractivity contribution in [2.24, 2.45) is 5.84 Å². The van der Waals surface area contributed by atoms with Gasteiger partial charge in [-0.2, -0.15) is 5.10 Å². The minimum Gasteiger partial charge on any atom is -0.376 e. The van der Waals surface area contributed by atoms with E-state index in [1.807, 2.05) is 10.9 Å². The molecular weight excluding hydrogens is 240 g/mol. The van der Waals surface area contributed by atoms with Gasteiger partial charge in [-0.1, -0.05) is 25.7 Å². The monoisotopic (exact) mass is 266 g/mol. The molecule has 1 atom stereocenters. The molecule has 1 fully saturated rings. The van der Waals surface area contributed by atoms with E-state index in [0.29, 0.717) is 0 Å². The number of hydrogen-bond acceptors (Lipinski definition) is 4. The van der Waals surface area contributed by atoms with Crippen LogP contribution < -0.4 is 11.3 Å². The van der Waals surface area contributed by atoms with Crippen molar-refractivity contribution < 1.29 is 4.74 Å². The first-order valence-electron chi connectivity index (χ1n) is 7.29. The van der Waals surface area contributed by atoms with E-state index in [9.17, 15) is 0 Å². The Morgan fingerprint density at radius 3 is 2.58 bits per heavy atom. The van der Waals surface area contributed by atoms with Crippen LogP contribution in [0.4, 0.5) is 0 Å². The minimum atomic E-state index is -0.202. The van der Waals surface area contributed by atoms with Crippen molar-refractivity contribution >= 4 is 0 Å². The lowest BCUT2D eigenvalue weighted by molar-refractivity contribution is -0.0541. The zero-order chi connectivity index (χ0) is 13.7. The van der Waals surface area contributed by atoms with Gasteiger partial charge in [0.05, 0.1) is 17.8 Å². The fourth-order valence-corrected chi connectivity index (χ4v) is 3.19. The Bertz CT molecular complexity index is 383. The summed E-state index contributed by atoms with van der Waals surface area (Å²) in [5.74, 6) is 5.83. The summed E-state index contributed by atoms with van der Waals surface area (Å²) < 4.78 is 7.86. The van der Waals surface area contributed by atoms with Crippen LogP contribution >= 0.6 is 0 Å². The molecular formula is C14H26N4O. The maximum absolute atomic E-state index is 5.93. The van der Waals surface area contributed by atoms with E-state index in [1.165, 1.54) is 25.7 Å². The second-order valence-corrected chi connectivity index (χ2v) is 5.41. The molecule has 2 rings (SSSR count). The standard InChI is InChI=1S/C14H26N4O/c1-3-18-11-12(10-16-18)13(17-15)14(19-2)8-6-4-5-7-9-14/h10-11,13,17H,3-9,15H2,1-2H3. The number of rotatable bonds is 5. The Hall–Kier alpha value is -0.910. The van der Waals surface area contributed by atoms with Crippen LogP contribution in [0.25, 0.3) is 0 Å². The van der Waals surface area contributed by atoms with E-state index in [4.69, 9.17) is 10.6 Å². The van der Waals surface area contributed by atoms with E-state index >= 15 is 0 Å². The maximum atomic E-state index is 5.93. The molecule has 1 heterocycles. The fourth-order valence-electron chi connectivity index (χ4n) is 3.19. The normalized spacial score (nSPS) is 21.0. The summed E-state index contributed by atoms with van der Waals surface area (Å²) in [6.07, 6.45) is 11.1. The highest BCUT2D eigenvalue weighted by atomic mass is 16.5. The van der Waals surface area contributed by atoms with Gasteiger partial charge in [-0.15, -0.1) is 0 Å². The number of nitrogens with two attached hydrogens (primary N) is 1. The smallest absolute Gasteiger partial charge is 0.0886 e. The molecule has 19 heavy (non-hydrogen) atoms. The minimum absolute atomic E-state index is 0.0101. The van der Waals surface area contributed by atoms with Crippen LogP contribution in [0, 0.1) is 0 Å². The average Bonchev–Trinajstić information content (AvgIpc) is 2.78. The van der Waals surface area contributed by atoms with Crippen LogP contribution in [-0.4, -0.2) is 22.5 Å². The molecule has 0 amide bonds. The van der Waals surface area contributed by atoms with Gasteiger partial charge in [0.2, 0.25) is 0 Å².